The zero-order valence-corrected chi connectivity index (χ0v) is 24.2. The second-order valence-electron chi connectivity index (χ2n) is 10.8. The molecule has 242 valence electrons. The van der Waals surface area contributed by atoms with Crippen molar-refractivity contribution in [2.24, 2.45) is 0 Å². The van der Waals surface area contributed by atoms with Gasteiger partial charge >= 0.3 is 18.6 Å². The highest BCUT2D eigenvalue weighted by atomic mass is 19.4. The fourth-order valence-corrected chi connectivity index (χ4v) is 5.47. The summed E-state index contributed by atoms with van der Waals surface area (Å²) in [7, 11) is 0. The smallest absolute Gasteiger partial charge is 0.445 e. The van der Waals surface area contributed by atoms with Crippen LogP contribution in [0, 0.1) is 0 Å². The first kappa shape index (κ1) is 31.1. The molecule has 1 fully saturated rings. The Morgan fingerprint density at radius 1 is 1.04 bits per heavy atom. The van der Waals surface area contributed by atoms with Gasteiger partial charge in [-0.15, -0.1) is 8.78 Å². The van der Waals surface area contributed by atoms with Crippen LogP contribution in [-0.2, 0) is 24.1 Å². The normalized spacial score (nSPS) is 17.5. The Morgan fingerprint density at radius 3 is 2.63 bits per heavy atom. The van der Waals surface area contributed by atoms with Gasteiger partial charge in [0.2, 0.25) is 5.82 Å². The maximum absolute atomic E-state index is 14.1. The van der Waals surface area contributed by atoms with Gasteiger partial charge in [-0.3, -0.25) is 4.79 Å². The number of imidazole rings is 1. The minimum atomic E-state index is -4.90. The van der Waals surface area contributed by atoms with Crippen LogP contribution in [0.25, 0.3) is 11.0 Å². The molecule has 0 saturated carbocycles. The Balaban J connectivity index is 1.18. The molecular weight excluding hydrogens is 617 g/mol. The standard InChI is InChI=1S/C31H28F5N5O5/c32-30(33,34)28-39-23-15-20(9-10-24(23)41(28)17-21-7-4-8-25-26(21)46-31(35,36)45-25)27(42)38-16-22-11-12-37-13-14-40(22)29(43)44-18-19-5-2-1-3-6-19/h1-10,15,22,37H,11-14,16-18H2,(H,38,42). The fraction of sp³-hybridized carbons (Fsp3) is 0.323. The molecule has 0 radical (unpaired) electrons. The van der Waals surface area contributed by atoms with Crippen LogP contribution < -0.4 is 20.1 Å². The molecule has 3 heterocycles. The number of benzene rings is 3. The second kappa shape index (κ2) is 12.5. The molecule has 3 aromatic carbocycles. The Hall–Kier alpha value is -4.92. The van der Waals surface area contributed by atoms with Gasteiger partial charge in [0.15, 0.2) is 11.5 Å². The molecule has 2 amide bonds. The van der Waals surface area contributed by atoms with Crippen molar-refractivity contribution >= 4 is 23.0 Å². The van der Waals surface area contributed by atoms with Crippen molar-refractivity contribution in [3.05, 3.63) is 89.2 Å². The summed E-state index contributed by atoms with van der Waals surface area (Å²) in [5.41, 5.74) is 0.796. The van der Waals surface area contributed by atoms with Gasteiger partial charge < -0.3 is 34.3 Å². The number of nitrogens with zero attached hydrogens (tertiary/aromatic N) is 3. The van der Waals surface area contributed by atoms with Crippen molar-refractivity contribution in [2.75, 3.05) is 26.2 Å². The van der Waals surface area contributed by atoms with Gasteiger partial charge in [-0.05, 0) is 42.8 Å². The Labute approximate surface area is 259 Å². The van der Waals surface area contributed by atoms with E-state index < -0.39 is 42.9 Å². The van der Waals surface area contributed by atoms with Crippen molar-refractivity contribution in [1.82, 2.24) is 25.1 Å². The summed E-state index contributed by atoms with van der Waals surface area (Å²) < 4.78 is 84.9. The van der Waals surface area contributed by atoms with Gasteiger partial charge in [0.05, 0.1) is 23.6 Å². The number of nitrogens with one attached hydrogen (secondary N) is 2. The molecule has 1 aromatic heterocycles. The lowest BCUT2D eigenvalue weighted by Crippen LogP contribution is -2.47. The van der Waals surface area contributed by atoms with Gasteiger partial charge in [0.1, 0.15) is 6.61 Å². The average molecular weight is 646 g/mol. The number of rotatable bonds is 7. The summed E-state index contributed by atoms with van der Waals surface area (Å²) in [6.45, 7) is 1.16. The quantitative estimate of drug-likeness (QED) is 0.268. The molecule has 46 heavy (non-hydrogen) atoms. The molecule has 15 heteroatoms. The minimum Gasteiger partial charge on any atom is -0.445 e. The number of halogens is 5. The Morgan fingerprint density at radius 2 is 1.85 bits per heavy atom. The molecule has 0 aliphatic carbocycles. The number of hydrogen-bond acceptors (Lipinski definition) is 7. The van der Waals surface area contributed by atoms with E-state index in [4.69, 9.17) is 4.74 Å². The lowest BCUT2D eigenvalue weighted by molar-refractivity contribution is -0.287. The van der Waals surface area contributed by atoms with Crippen LogP contribution in [0.4, 0.5) is 26.7 Å². The number of amides is 2. The van der Waals surface area contributed by atoms with Gasteiger partial charge in [-0.25, -0.2) is 9.78 Å². The molecule has 10 nitrogen and oxygen atoms in total. The highest BCUT2D eigenvalue weighted by Gasteiger charge is 2.45. The van der Waals surface area contributed by atoms with Crippen LogP contribution in [0.2, 0.25) is 0 Å². The van der Waals surface area contributed by atoms with E-state index in [1.54, 1.807) is 4.90 Å². The molecule has 0 bridgehead atoms. The highest BCUT2D eigenvalue weighted by Crippen LogP contribution is 2.44. The van der Waals surface area contributed by atoms with Crippen LogP contribution in [0.1, 0.15) is 33.7 Å². The number of para-hydroxylation sites is 1. The third kappa shape index (κ3) is 6.68. The molecule has 0 spiro atoms. The average Bonchev–Trinajstić information content (AvgIpc) is 3.45. The zero-order chi connectivity index (χ0) is 32.5. The van der Waals surface area contributed by atoms with Crippen LogP contribution in [0.5, 0.6) is 11.5 Å². The predicted molar refractivity (Wildman–Crippen MR) is 153 cm³/mol. The molecule has 2 aliphatic heterocycles. The summed E-state index contributed by atoms with van der Waals surface area (Å²) in [4.78, 5) is 31.4. The first-order chi connectivity index (χ1) is 22.0. The maximum Gasteiger partial charge on any atom is 0.586 e. The number of carbonyl (C=O) groups is 2. The highest BCUT2D eigenvalue weighted by molar-refractivity contribution is 5.97. The molecular formula is C31H28F5N5O5. The van der Waals surface area contributed by atoms with Crippen LogP contribution in [0.3, 0.4) is 0 Å². The van der Waals surface area contributed by atoms with Gasteiger partial charge in [-0.1, -0.05) is 42.5 Å². The summed E-state index contributed by atoms with van der Waals surface area (Å²) in [6, 6.07) is 16.6. The van der Waals surface area contributed by atoms with Gasteiger partial charge in [0.25, 0.3) is 5.91 Å². The third-order valence-corrected chi connectivity index (χ3v) is 7.67. The van der Waals surface area contributed by atoms with Crippen molar-refractivity contribution in [2.45, 2.75) is 38.1 Å². The zero-order valence-electron chi connectivity index (χ0n) is 24.2. The largest absolute Gasteiger partial charge is 0.586 e. The van der Waals surface area contributed by atoms with E-state index in [2.05, 4.69) is 25.1 Å². The first-order valence-corrected chi connectivity index (χ1v) is 14.4. The number of alkyl halides is 5. The number of ether oxygens (including phenoxy) is 3. The maximum atomic E-state index is 14.1. The number of carbonyl (C=O) groups excluding carboxylic acids is 2. The molecule has 4 aromatic rings. The van der Waals surface area contributed by atoms with E-state index in [0.717, 1.165) is 10.1 Å². The lowest BCUT2D eigenvalue weighted by atomic mass is 10.1. The number of hydrogen-bond donors (Lipinski definition) is 2. The number of fused-ring (bicyclic) bond motifs is 2. The first-order valence-electron chi connectivity index (χ1n) is 14.4. The van der Waals surface area contributed by atoms with Crippen LogP contribution in [-0.4, -0.2) is 65.0 Å². The molecule has 1 atom stereocenters. The predicted octanol–water partition coefficient (Wildman–Crippen LogP) is 5.16. The monoisotopic (exact) mass is 645 g/mol. The minimum absolute atomic E-state index is 0.0195. The third-order valence-electron chi connectivity index (χ3n) is 7.67. The van der Waals surface area contributed by atoms with Crippen LogP contribution >= 0.6 is 0 Å². The van der Waals surface area contributed by atoms with Crippen LogP contribution in [0.15, 0.2) is 66.7 Å². The van der Waals surface area contributed by atoms with Crippen molar-refractivity contribution < 1.29 is 45.8 Å². The van der Waals surface area contributed by atoms with Gasteiger partial charge in [-0.2, -0.15) is 13.2 Å². The fourth-order valence-electron chi connectivity index (χ4n) is 5.47. The van der Waals surface area contributed by atoms with Crippen molar-refractivity contribution in [1.29, 1.82) is 0 Å². The summed E-state index contributed by atoms with van der Waals surface area (Å²) >= 11 is 0. The molecule has 1 saturated heterocycles. The topological polar surface area (TPSA) is 107 Å². The molecule has 2 aliphatic rings. The SMILES string of the molecule is O=C(NCC1CCNCCN1C(=O)OCc1ccccc1)c1ccc2c(c1)nc(C(F)(F)F)n2Cc1cccc2c1OC(F)(F)O2. The van der Waals surface area contributed by atoms with E-state index in [1.165, 1.54) is 36.4 Å². The van der Waals surface area contributed by atoms with E-state index in [0.29, 0.717) is 26.1 Å². The summed E-state index contributed by atoms with van der Waals surface area (Å²) in [5.74, 6) is -2.52. The number of aromatic nitrogens is 2. The Kier molecular flexibility index (Phi) is 8.42. The second-order valence-corrected chi connectivity index (χ2v) is 10.8. The van der Waals surface area contributed by atoms with Crippen molar-refractivity contribution in [3.63, 3.8) is 0 Å². The van der Waals surface area contributed by atoms with E-state index in [1.807, 2.05) is 30.3 Å². The molecule has 2 N–H and O–H groups in total. The van der Waals surface area contributed by atoms with E-state index >= 15 is 0 Å². The summed E-state index contributed by atoms with van der Waals surface area (Å²) in [5, 5.41) is 5.99. The Bertz CT molecular complexity index is 1750. The molecule has 6 rings (SSSR count). The molecule has 1 unspecified atom stereocenters. The van der Waals surface area contributed by atoms with Crippen molar-refractivity contribution in [3.8, 4) is 11.5 Å². The van der Waals surface area contributed by atoms with E-state index in [9.17, 15) is 31.5 Å². The van der Waals surface area contributed by atoms with E-state index in [-0.39, 0.29) is 46.8 Å². The van der Waals surface area contributed by atoms with Gasteiger partial charge in [0, 0.05) is 30.8 Å². The summed E-state index contributed by atoms with van der Waals surface area (Å²) in [6.07, 6.45) is -8.84. The lowest BCUT2D eigenvalue weighted by Gasteiger charge is -2.29.